The molecule has 0 heterocycles. The van der Waals surface area contributed by atoms with Crippen LogP contribution < -0.4 is 10.6 Å². The lowest BCUT2D eigenvalue weighted by Crippen LogP contribution is -2.38. The third-order valence-electron chi connectivity index (χ3n) is 1.92. The molecule has 1 rings (SSSR count). The molecule has 1 aromatic rings. The Balaban J connectivity index is 2.29. The number of benzene rings is 1. The molecule has 0 saturated heterocycles. The highest BCUT2D eigenvalue weighted by atomic mass is 32.1. The van der Waals surface area contributed by atoms with Crippen molar-refractivity contribution in [2.45, 2.75) is 19.6 Å². The van der Waals surface area contributed by atoms with Gasteiger partial charge in [-0.25, -0.2) is 4.39 Å². The minimum Gasteiger partial charge on any atom is -0.392 e. The normalized spacial score (nSPS) is 11.9. The summed E-state index contributed by atoms with van der Waals surface area (Å²) in [6.45, 7) is 2.62. The van der Waals surface area contributed by atoms with Crippen LogP contribution in [-0.2, 0) is 6.54 Å². The molecule has 0 saturated carbocycles. The monoisotopic (exact) mass is 242 g/mol. The van der Waals surface area contributed by atoms with Crippen LogP contribution >= 0.6 is 12.2 Å². The molecule has 1 atom stereocenters. The fourth-order valence-electron chi connectivity index (χ4n) is 1.09. The van der Waals surface area contributed by atoms with Crippen LogP contribution in [0.1, 0.15) is 12.5 Å². The van der Waals surface area contributed by atoms with Crippen molar-refractivity contribution in [2.24, 2.45) is 0 Å². The molecule has 5 heteroatoms. The zero-order valence-corrected chi connectivity index (χ0v) is 9.85. The summed E-state index contributed by atoms with van der Waals surface area (Å²) in [5.74, 6) is -0.251. The van der Waals surface area contributed by atoms with Crippen LogP contribution in [-0.4, -0.2) is 22.9 Å². The lowest BCUT2D eigenvalue weighted by atomic mass is 10.2. The molecule has 0 aliphatic carbocycles. The molecule has 0 spiro atoms. The van der Waals surface area contributed by atoms with Crippen LogP contribution in [0.2, 0.25) is 0 Å². The highest BCUT2D eigenvalue weighted by Crippen LogP contribution is 2.01. The standard InChI is InChI=1S/C11H15FN2OS/c1-8(15)6-13-11(16)14-7-9-2-4-10(12)5-3-9/h2-5,8,15H,6-7H2,1H3,(H2,13,14,16)/t8-/m0/s1. The Kier molecular flexibility index (Phi) is 5.14. The first-order chi connectivity index (χ1) is 7.58. The molecule has 0 unspecified atom stereocenters. The van der Waals surface area contributed by atoms with Crippen LogP contribution in [0, 0.1) is 5.82 Å². The summed E-state index contributed by atoms with van der Waals surface area (Å²) < 4.78 is 12.6. The van der Waals surface area contributed by atoms with Gasteiger partial charge in [0.15, 0.2) is 5.11 Å². The van der Waals surface area contributed by atoms with Crippen molar-refractivity contribution in [3.05, 3.63) is 35.6 Å². The predicted octanol–water partition coefficient (Wildman–Crippen LogP) is 1.17. The van der Waals surface area contributed by atoms with E-state index in [-0.39, 0.29) is 5.82 Å². The van der Waals surface area contributed by atoms with Gasteiger partial charge in [0.05, 0.1) is 6.10 Å². The summed E-state index contributed by atoms with van der Waals surface area (Å²) in [5.41, 5.74) is 0.947. The minimum atomic E-state index is -0.439. The van der Waals surface area contributed by atoms with E-state index in [0.717, 1.165) is 5.56 Å². The fraction of sp³-hybridized carbons (Fsp3) is 0.364. The van der Waals surface area contributed by atoms with Gasteiger partial charge in [-0.2, -0.15) is 0 Å². The van der Waals surface area contributed by atoms with E-state index < -0.39 is 6.10 Å². The van der Waals surface area contributed by atoms with Gasteiger partial charge in [0, 0.05) is 13.1 Å². The van der Waals surface area contributed by atoms with Crippen molar-refractivity contribution in [3.63, 3.8) is 0 Å². The SMILES string of the molecule is C[C@H](O)CNC(=S)NCc1ccc(F)cc1. The number of aliphatic hydroxyl groups is 1. The second kappa shape index (κ2) is 6.40. The number of hydrogen-bond acceptors (Lipinski definition) is 2. The first kappa shape index (κ1) is 12.9. The highest BCUT2D eigenvalue weighted by Gasteiger charge is 1.99. The van der Waals surface area contributed by atoms with E-state index in [0.29, 0.717) is 18.2 Å². The lowest BCUT2D eigenvalue weighted by Gasteiger charge is -2.11. The largest absolute Gasteiger partial charge is 0.392 e. The average molecular weight is 242 g/mol. The van der Waals surface area contributed by atoms with E-state index >= 15 is 0 Å². The van der Waals surface area contributed by atoms with Gasteiger partial charge in [-0.15, -0.1) is 0 Å². The Labute approximate surface area is 99.7 Å². The Morgan fingerprint density at radius 3 is 2.56 bits per heavy atom. The van der Waals surface area contributed by atoms with Gasteiger partial charge >= 0.3 is 0 Å². The van der Waals surface area contributed by atoms with Crippen LogP contribution in [0.3, 0.4) is 0 Å². The number of nitrogens with one attached hydrogen (secondary N) is 2. The van der Waals surface area contributed by atoms with Gasteiger partial charge in [0.1, 0.15) is 5.82 Å². The summed E-state index contributed by atoms with van der Waals surface area (Å²) in [5, 5.41) is 15.3. The van der Waals surface area contributed by atoms with Crippen molar-refractivity contribution in [1.29, 1.82) is 0 Å². The zero-order chi connectivity index (χ0) is 12.0. The third-order valence-corrected chi connectivity index (χ3v) is 2.21. The van der Waals surface area contributed by atoms with E-state index in [2.05, 4.69) is 10.6 Å². The molecule has 0 radical (unpaired) electrons. The molecule has 0 aliphatic heterocycles. The van der Waals surface area contributed by atoms with Gasteiger partial charge in [0.25, 0.3) is 0 Å². The van der Waals surface area contributed by atoms with Gasteiger partial charge in [-0.05, 0) is 36.8 Å². The van der Waals surface area contributed by atoms with Crippen molar-refractivity contribution in [1.82, 2.24) is 10.6 Å². The van der Waals surface area contributed by atoms with E-state index in [4.69, 9.17) is 17.3 Å². The Bertz CT molecular complexity index is 340. The maximum absolute atomic E-state index is 12.6. The minimum absolute atomic E-state index is 0.251. The van der Waals surface area contributed by atoms with Crippen molar-refractivity contribution in [2.75, 3.05) is 6.54 Å². The number of thiocarbonyl (C=S) groups is 1. The Morgan fingerprint density at radius 1 is 1.38 bits per heavy atom. The number of hydrogen-bond donors (Lipinski definition) is 3. The molecule has 16 heavy (non-hydrogen) atoms. The van der Waals surface area contributed by atoms with Crippen molar-refractivity contribution < 1.29 is 9.50 Å². The second-order valence-electron chi connectivity index (χ2n) is 3.54. The predicted molar refractivity (Wildman–Crippen MR) is 65.5 cm³/mol. The maximum Gasteiger partial charge on any atom is 0.166 e. The summed E-state index contributed by atoms with van der Waals surface area (Å²) in [6.07, 6.45) is -0.439. The zero-order valence-electron chi connectivity index (χ0n) is 9.03. The quantitative estimate of drug-likeness (QED) is 0.694. The van der Waals surface area contributed by atoms with Gasteiger partial charge < -0.3 is 15.7 Å². The molecule has 0 fully saturated rings. The van der Waals surface area contributed by atoms with Crippen molar-refractivity contribution in [3.8, 4) is 0 Å². The summed E-state index contributed by atoms with van der Waals surface area (Å²) >= 11 is 4.99. The third kappa shape index (κ3) is 5.04. The van der Waals surface area contributed by atoms with Gasteiger partial charge in [0.2, 0.25) is 0 Å². The smallest absolute Gasteiger partial charge is 0.166 e. The van der Waals surface area contributed by atoms with Crippen LogP contribution in [0.5, 0.6) is 0 Å². The van der Waals surface area contributed by atoms with Crippen LogP contribution in [0.15, 0.2) is 24.3 Å². The molecule has 0 aromatic heterocycles. The summed E-state index contributed by atoms with van der Waals surface area (Å²) in [7, 11) is 0. The molecule has 0 amide bonds. The molecule has 1 aromatic carbocycles. The molecular formula is C11H15FN2OS. The summed E-state index contributed by atoms with van der Waals surface area (Å²) in [4.78, 5) is 0. The van der Waals surface area contributed by atoms with E-state index in [1.165, 1.54) is 12.1 Å². The van der Waals surface area contributed by atoms with Crippen LogP contribution in [0.4, 0.5) is 4.39 Å². The van der Waals surface area contributed by atoms with E-state index in [9.17, 15) is 4.39 Å². The topological polar surface area (TPSA) is 44.3 Å². The number of aliphatic hydroxyl groups excluding tert-OH is 1. The molecule has 3 N–H and O–H groups in total. The molecule has 88 valence electrons. The molecule has 0 aliphatic rings. The first-order valence-electron chi connectivity index (χ1n) is 5.02. The first-order valence-corrected chi connectivity index (χ1v) is 5.43. The lowest BCUT2D eigenvalue weighted by molar-refractivity contribution is 0.198. The van der Waals surface area contributed by atoms with Crippen molar-refractivity contribution >= 4 is 17.3 Å². The molecule has 3 nitrogen and oxygen atoms in total. The Hall–Kier alpha value is -1.20. The second-order valence-corrected chi connectivity index (χ2v) is 3.95. The summed E-state index contributed by atoms with van der Waals surface area (Å²) in [6, 6.07) is 6.20. The maximum atomic E-state index is 12.6. The molecular weight excluding hydrogens is 227 g/mol. The average Bonchev–Trinajstić information content (AvgIpc) is 2.25. The Morgan fingerprint density at radius 2 is 2.00 bits per heavy atom. The molecule has 0 bridgehead atoms. The number of halogens is 1. The fourth-order valence-corrected chi connectivity index (χ4v) is 1.24. The van der Waals surface area contributed by atoms with E-state index in [1.54, 1.807) is 19.1 Å². The van der Waals surface area contributed by atoms with Crippen LogP contribution in [0.25, 0.3) is 0 Å². The highest BCUT2D eigenvalue weighted by molar-refractivity contribution is 7.80. The number of rotatable bonds is 4. The van der Waals surface area contributed by atoms with E-state index in [1.807, 2.05) is 0 Å². The van der Waals surface area contributed by atoms with Gasteiger partial charge in [-0.1, -0.05) is 12.1 Å². The van der Waals surface area contributed by atoms with Gasteiger partial charge in [-0.3, -0.25) is 0 Å².